The Morgan fingerprint density at radius 2 is 1.81 bits per heavy atom. The van der Waals surface area contributed by atoms with Crippen molar-refractivity contribution in [3.63, 3.8) is 0 Å². The molecule has 1 unspecified atom stereocenters. The van der Waals surface area contributed by atoms with Gasteiger partial charge in [0.25, 0.3) is 0 Å². The lowest BCUT2D eigenvalue weighted by atomic mass is 10.0. The molecule has 1 aromatic carbocycles. The predicted molar refractivity (Wildman–Crippen MR) is 108 cm³/mol. The number of benzene rings is 1. The highest BCUT2D eigenvalue weighted by atomic mass is 35.5. The minimum atomic E-state index is -0.877. The van der Waals surface area contributed by atoms with Gasteiger partial charge in [-0.25, -0.2) is 4.79 Å². The van der Waals surface area contributed by atoms with Crippen molar-refractivity contribution in [3.05, 3.63) is 55.2 Å². The SMILES string of the molecule is O=C(O)CC1CN(Cc2ccc(Cl)s2)C(=O)N(Cc2ccc(Cl)cc2Cl)C1. The fourth-order valence-corrected chi connectivity index (χ4v) is 4.73. The second-order valence-electron chi connectivity index (χ2n) is 6.45. The number of carboxylic acids is 1. The third-order valence-electron chi connectivity index (χ3n) is 4.31. The topological polar surface area (TPSA) is 60.9 Å². The number of nitrogens with zero attached hydrogens (tertiary/aromatic N) is 2. The number of carbonyl (C=O) groups is 2. The molecule has 1 atom stereocenters. The molecule has 0 aliphatic carbocycles. The molecule has 2 heterocycles. The number of thiophene rings is 1. The maximum atomic E-state index is 13.0. The first-order chi connectivity index (χ1) is 12.8. The average molecular weight is 448 g/mol. The molecule has 1 aliphatic rings. The normalized spacial score (nSPS) is 17.4. The molecule has 1 fully saturated rings. The average Bonchev–Trinajstić information content (AvgIpc) is 2.98. The van der Waals surface area contributed by atoms with Crippen LogP contribution < -0.4 is 0 Å². The highest BCUT2D eigenvalue weighted by Crippen LogP contribution is 2.28. The summed E-state index contributed by atoms with van der Waals surface area (Å²) in [6.07, 6.45) is -0.000172. The zero-order chi connectivity index (χ0) is 19.6. The van der Waals surface area contributed by atoms with Crippen molar-refractivity contribution in [1.29, 1.82) is 0 Å². The third kappa shape index (κ3) is 5.29. The largest absolute Gasteiger partial charge is 0.481 e. The maximum Gasteiger partial charge on any atom is 0.320 e. The summed E-state index contributed by atoms with van der Waals surface area (Å²) in [5.74, 6) is -1.04. The van der Waals surface area contributed by atoms with E-state index in [9.17, 15) is 14.7 Å². The fourth-order valence-electron chi connectivity index (χ4n) is 3.16. The summed E-state index contributed by atoms with van der Waals surface area (Å²) in [5.41, 5.74) is 0.768. The van der Waals surface area contributed by atoms with Gasteiger partial charge < -0.3 is 14.9 Å². The van der Waals surface area contributed by atoms with Crippen LogP contribution in [0.1, 0.15) is 16.9 Å². The molecule has 2 amide bonds. The Bertz CT molecular complexity index is 858. The summed E-state index contributed by atoms with van der Waals surface area (Å²) >= 11 is 19.6. The first kappa shape index (κ1) is 20.3. The van der Waals surface area contributed by atoms with Crippen LogP contribution in [0.25, 0.3) is 0 Å². The van der Waals surface area contributed by atoms with E-state index in [2.05, 4.69) is 0 Å². The van der Waals surface area contributed by atoms with Crippen LogP contribution in [0.5, 0.6) is 0 Å². The van der Waals surface area contributed by atoms with Gasteiger partial charge in [-0.3, -0.25) is 4.79 Å². The molecule has 1 aromatic heterocycles. The lowest BCUT2D eigenvalue weighted by Crippen LogP contribution is -2.52. The number of urea groups is 1. The Kier molecular flexibility index (Phi) is 6.52. The molecule has 5 nitrogen and oxygen atoms in total. The molecular formula is C18H17Cl3N2O3S. The van der Waals surface area contributed by atoms with Crippen LogP contribution in [0.4, 0.5) is 4.79 Å². The highest BCUT2D eigenvalue weighted by molar-refractivity contribution is 7.16. The standard InChI is InChI=1S/C18H17Cl3N2O3S/c19-13-2-1-12(15(20)6-13)9-22-7-11(5-17(24)25)8-23(18(22)26)10-14-3-4-16(21)27-14/h1-4,6,11H,5,7-10H2,(H,24,25). The molecule has 9 heteroatoms. The van der Waals surface area contributed by atoms with Crippen molar-refractivity contribution in [3.8, 4) is 0 Å². The van der Waals surface area contributed by atoms with E-state index >= 15 is 0 Å². The Morgan fingerprint density at radius 1 is 1.11 bits per heavy atom. The van der Waals surface area contributed by atoms with Crippen molar-refractivity contribution in [2.24, 2.45) is 5.92 Å². The minimum absolute atomic E-state index is 0.000172. The molecule has 27 heavy (non-hydrogen) atoms. The lowest BCUT2D eigenvalue weighted by Gasteiger charge is -2.39. The van der Waals surface area contributed by atoms with E-state index in [-0.39, 0.29) is 18.4 Å². The van der Waals surface area contributed by atoms with Crippen LogP contribution in [0, 0.1) is 5.92 Å². The van der Waals surface area contributed by atoms with E-state index in [4.69, 9.17) is 34.8 Å². The molecule has 2 aromatic rings. The number of hydrogen-bond acceptors (Lipinski definition) is 3. The number of rotatable bonds is 6. The van der Waals surface area contributed by atoms with Gasteiger partial charge in [-0.05, 0) is 29.8 Å². The van der Waals surface area contributed by atoms with Gasteiger partial charge in [-0.15, -0.1) is 11.3 Å². The van der Waals surface area contributed by atoms with Crippen LogP contribution in [0.2, 0.25) is 14.4 Å². The van der Waals surface area contributed by atoms with Crippen LogP contribution in [-0.2, 0) is 17.9 Å². The molecule has 1 saturated heterocycles. The number of carbonyl (C=O) groups excluding carboxylic acids is 1. The van der Waals surface area contributed by atoms with Gasteiger partial charge in [0.2, 0.25) is 0 Å². The van der Waals surface area contributed by atoms with Crippen molar-refractivity contribution in [1.82, 2.24) is 9.80 Å². The summed E-state index contributed by atoms with van der Waals surface area (Å²) in [7, 11) is 0. The fraction of sp³-hybridized carbons (Fsp3) is 0.333. The van der Waals surface area contributed by atoms with E-state index in [1.165, 1.54) is 11.3 Å². The van der Waals surface area contributed by atoms with Gasteiger partial charge in [0.05, 0.1) is 17.3 Å². The summed E-state index contributed by atoms with van der Waals surface area (Å²) < 4.78 is 0.654. The molecule has 0 spiro atoms. The van der Waals surface area contributed by atoms with Gasteiger partial charge in [0, 0.05) is 40.5 Å². The zero-order valence-corrected chi connectivity index (χ0v) is 17.3. The lowest BCUT2D eigenvalue weighted by molar-refractivity contribution is -0.138. The third-order valence-corrected chi connectivity index (χ3v) is 6.12. The molecule has 0 saturated carbocycles. The number of amides is 2. The maximum absolute atomic E-state index is 13.0. The van der Waals surface area contributed by atoms with Crippen LogP contribution >= 0.6 is 46.1 Å². The molecule has 1 N–H and O–H groups in total. The van der Waals surface area contributed by atoms with E-state index in [1.54, 1.807) is 34.1 Å². The van der Waals surface area contributed by atoms with E-state index in [0.29, 0.717) is 40.6 Å². The quantitative estimate of drug-likeness (QED) is 0.659. The van der Waals surface area contributed by atoms with Gasteiger partial charge in [-0.2, -0.15) is 0 Å². The number of carboxylic acid groups (broad SMARTS) is 1. The van der Waals surface area contributed by atoms with Gasteiger partial charge in [0.15, 0.2) is 0 Å². The number of halogens is 3. The van der Waals surface area contributed by atoms with Crippen LogP contribution in [0.15, 0.2) is 30.3 Å². The van der Waals surface area contributed by atoms with E-state index in [1.807, 2.05) is 6.07 Å². The summed E-state index contributed by atoms with van der Waals surface area (Å²) in [6, 6.07) is 8.65. The van der Waals surface area contributed by atoms with Crippen molar-refractivity contribution >= 4 is 58.1 Å². The molecular weight excluding hydrogens is 431 g/mol. The zero-order valence-electron chi connectivity index (χ0n) is 14.2. The van der Waals surface area contributed by atoms with Crippen molar-refractivity contribution < 1.29 is 14.7 Å². The van der Waals surface area contributed by atoms with Gasteiger partial charge in [-0.1, -0.05) is 40.9 Å². The Labute approximate surface area is 176 Å². The molecule has 1 aliphatic heterocycles. The summed E-state index contributed by atoms with van der Waals surface area (Å²) in [6.45, 7) is 1.46. The van der Waals surface area contributed by atoms with E-state index < -0.39 is 5.97 Å². The Morgan fingerprint density at radius 3 is 2.41 bits per heavy atom. The molecule has 144 valence electrons. The smallest absolute Gasteiger partial charge is 0.320 e. The Balaban J connectivity index is 1.79. The molecule has 3 rings (SSSR count). The predicted octanol–water partition coefficient (Wildman–Crippen LogP) is 5.24. The molecule has 0 bridgehead atoms. The van der Waals surface area contributed by atoms with Gasteiger partial charge >= 0.3 is 12.0 Å². The first-order valence-electron chi connectivity index (χ1n) is 8.25. The van der Waals surface area contributed by atoms with Crippen molar-refractivity contribution in [2.45, 2.75) is 19.5 Å². The van der Waals surface area contributed by atoms with E-state index in [0.717, 1.165) is 10.4 Å². The molecule has 0 radical (unpaired) electrons. The number of aliphatic carboxylic acids is 1. The highest BCUT2D eigenvalue weighted by Gasteiger charge is 2.33. The first-order valence-corrected chi connectivity index (χ1v) is 10.2. The van der Waals surface area contributed by atoms with Crippen LogP contribution in [0.3, 0.4) is 0 Å². The Hall–Kier alpha value is -1.47. The van der Waals surface area contributed by atoms with Crippen molar-refractivity contribution in [2.75, 3.05) is 13.1 Å². The van der Waals surface area contributed by atoms with Gasteiger partial charge in [0.1, 0.15) is 0 Å². The summed E-state index contributed by atoms with van der Waals surface area (Å²) in [5, 5.41) is 10.2. The second-order valence-corrected chi connectivity index (χ2v) is 9.09. The monoisotopic (exact) mass is 446 g/mol. The second kappa shape index (κ2) is 8.69. The number of hydrogen-bond donors (Lipinski definition) is 1. The minimum Gasteiger partial charge on any atom is -0.481 e. The summed E-state index contributed by atoms with van der Waals surface area (Å²) in [4.78, 5) is 28.4. The van der Waals surface area contributed by atoms with Crippen LogP contribution in [-0.4, -0.2) is 40.0 Å².